The van der Waals surface area contributed by atoms with E-state index in [4.69, 9.17) is 14.2 Å². The summed E-state index contributed by atoms with van der Waals surface area (Å²) in [5.41, 5.74) is 2.20. The van der Waals surface area contributed by atoms with Gasteiger partial charge in [0, 0.05) is 4.90 Å². The fourth-order valence-electron chi connectivity index (χ4n) is 2.46. The Labute approximate surface area is 166 Å². The molecule has 0 aromatic heterocycles. The van der Waals surface area contributed by atoms with Crippen molar-refractivity contribution in [1.82, 2.24) is 0 Å². The first-order chi connectivity index (χ1) is 13.2. The van der Waals surface area contributed by atoms with Gasteiger partial charge in [-0.3, -0.25) is 0 Å². The van der Waals surface area contributed by atoms with Gasteiger partial charge in [-0.15, -0.1) is 12.6 Å². The fraction of sp³-hybridized carbons (Fsp3) is 0.217. The summed E-state index contributed by atoms with van der Waals surface area (Å²) in [7, 11) is 0. The molecule has 3 nitrogen and oxygen atoms in total. The molecule has 0 saturated carbocycles. The van der Waals surface area contributed by atoms with Gasteiger partial charge in [0.1, 0.15) is 30.5 Å². The van der Waals surface area contributed by atoms with Crippen molar-refractivity contribution < 1.29 is 14.2 Å². The van der Waals surface area contributed by atoms with Crippen molar-refractivity contribution in [3.63, 3.8) is 0 Å². The Morgan fingerprint density at radius 1 is 0.593 bits per heavy atom. The molecule has 0 amide bonds. The van der Waals surface area contributed by atoms with E-state index in [1.807, 2.05) is 72.8 Å². The highest BCUT2D eigenvalue weighted by molar-refractivity contribution is 7.80. The SMILES string of the molecule is CCCOc1ccc(COc2ccc(COc3ccc(S)cc3)cc2)cc1. The van der Waals surface area contributed by atoms with Crippen LogP contribution in [0.3, 0.4) is 0 Å². The zero-order chi connectivity index (χ0) is 18.9. The second-order valence-electron chi connectivity index (χ2n) is 6.21. The maximum absolute atomic E-state index is 5.85. The lowest BCUT2D eigenvalue weighted by atomic mass is 10.2. The molecule has 0 radical (unpaired) electrons. The lowest BCUT2D eigenvalue weighted by Crippen LogP contribution is -1.98. The Kier molecular flexibility index (Phi) is 7.05. The van der Waals surface area contributed by atoms with E-state index < -0.39 is 0 Å². The lowest BCUT2D eigenvalue weighted by molar-refractivity contribution is 0.300. The molecule has 27 heavy (non-hydrogen) atoms. The number of hydrogen-bond donors (Lipinski definition) is 1. The molecule has 0 aliphatic heterocycles. The van der Waals surface area contributed by atoms with E-state index in [1.165, 1.54) is 0 Å². The lowest BCUT2D eigenvalue weighted by Gasteiger charge is -2.10. The van der Waals surface area contributed by atoms with Gasteiger partial charge in [0.15, 0.2) is 0 Å². The first-order valence-corrected chi connectivity index (χ1v) is 9.53. The van der Waals surface area contributed by atoms with Crippen molar-refractivity contribution in [2.45, 2.75) is 31.5 Å². The van der Waals surface area contributed by atoms with Gasteiger partial charge in [0.2, 0.25) is 0 Å². The second-order valence-corrected chi connectivity index (χ2v) is 6.72. The van der Waals surface area contributed by atoms with Crippen LogP contribution in [0.2, 0.25) is 0 Å². The maximum Gasteiger partial charge on any atom is 0.119 e. The standard InChI is InChI=1S/C23H24O3S/c1-2-15-24-20-7-3-18(4-8-20)16-25-21-9-5-19(6-10-21)17-26-22-11-13-23(27)14-12-22/h3-14,27H,2,15-17H2,1H3. The summed E-state index contributed by atoms with van der Waals surface area (Å²) < 4.78 is 17.2. The monoisotopic (exact) mass is 380 g/mol. The van der Waals surface area contributed by atoms with Crippen LogP contribution >= 0.6 is 12.6 Å². The minimum absolute atomic E-state index is 0.519. The summed E-state index contributed by atoms with van der Waals surface area (Å²) in [6.45, 7) is 3.89. The van der Waals surface area contributed by atoms with E-state index in [0.29, 0.717) is 13.2 Å². The molecule has 3 aromatic rings. The fourth-order valence-corrected chi connectivity index (χ4v) is 2.61. The van der Waals surface area contributed by atoms with E-state index in [9.17, 15) is 0 Å². The number of benzene rings is 3. The Morgan fingerprint density at radius 2 is 1.00 bits per heavy atom. The Morgan fingerprint density at radius 3 is 1.44 bits per heavy atom. The quantitative estimate of drug-likeness (QED) is 0.467. The Balaban J connectivity index is 1.46. The minimum Gasteiger partial charge on any atom is -0.494 e. The van der Waals surface area contributed by atoms with Crippen LogP contribution in [-0.2, 0) is 13.2 Å². The molecule has 0 N–H and O–H groups in total. The average Bonchev–Trinajstić information content (AvgIpc) is 2.72. The molecule has 0 saturated heterocycles. The summed E-state index contributed by atoms with van der Waals surface area (Å²) in [6, 6.07) is 23.7. The van der Waals surface area contributed by atoms with Gasteiger partial charge in [-0.05, 0) is 66.1 Å². The normalized spacial score (nSPS) is 10.4. The summed E-state index contributed by atoms with van der Waals surface area (Å²) in [5.74, 6) is 2.57. The molecule has 0 unspecified atom stereocenters. The molecule has 0 aliphatic carbocycles. The zero-order valence-corrected chi connectivity index (χ0v) is 16.3. The molecule has 0 fully saturated rings. The van der Waals surface area contributed by atoms with Crippen LogP contribution in [-0.4, -0.2) is 6.61 Å². The Hall–Kier alpha value is -2.59. The predicted molar refractivity (Wildman–Crippen MR) is 111 cm³/mol. The van der Waals surface area contributed by atoms with Crippen LogP contribution in [0.15, 0.2) is 77.7 Å². The third kappa shape index (κ3) is 6.26. The molecule has 0 spiro atoms. The highest BCUT2D eigenvalue weighted by Crippen LogP contribution is 2.19. The smallest absolute Gasteiger partial charge is 0.119 e. The molecular weight excluding hydrogens is 356 g/mol. The molecule has 0 heterocycles. The summed E-state index contributed by atoms with van der Waals surface area (Å²) in [6.07, 6.45) is 1.01. The third-order valence-corrected chi connectivity index (χ3v) is 4.27. The topological polar surface area (TPSA) is 27.7 Å². The van der Waals surface area contributed by atoms with Crippen molar-refractivity contribution in [3.05, 3.63) is 83.9 Å². The van der Waals surface area contributed by atoms with Crippen molar-refractivity contribution in [3.8, 4) is 17.2 Å². The molecule has 3 rings (SSSR count). The van der Waals surface area contributed by atoms with Crippen molar-refractivity contribution in [2.24, 2.45) is 0 Å². The van der Waals surface area contributed by atoms with E-state index >= 15 is 0 Å². The number of hydrogen-bond acceptors (Lipinski definition) is 4. The zero-order valence-electron chi connectivity index (χ0n) is 15.4. The first kappa shape index (κ1) is 19.2. The van der Waals surface area contributed by atoms with Crippen LogP contribution in [0.25, 0.3) is 0 Å². The summed E-state index contributed by atoms with van der Waals surface area (Å²) >= 11 is 4.27. The second kappa shape index (κ2) is 9.93. The van der Waals surface area contributed by atoms with Crippen LogP contribution < -0.4 is 14.2 Å². The van der Waals surface area contributed by atoms with Crippen LogP contribution in [0.5, 0.6) is 17.2 Å². The highest BCUT2D eigenvalue weighted by Gasteiger charge is 2.00. The first-order valence-electron chi connectivity index (χ1n) is 9.08. The minimum atomic E-state index is 0.519. The largest absolute Gasteiger partial charge is 0.494 e. The Bertz CT molecular complexity index is 812. The van der Waals surface area contributed by atoms with Gasteiger partial charge in [-0.1, -0.05) is 31.2 Å². The van der Waals surface area contributed by atoms with Gasteiger partial charge in [-0.2, -0.15) is 0 Å². The van der Waals surface area contributed by atoms with Gasteiger partial charge in [0.05, 0.1) is 6.61 Å². The maximum atomic E-state index is 5.85. The molecule has 0 bridgehead atoms. The van der Waals surface area contributed by atoms with Crippen molar-refractivity contribution in [2.75, 3.05) is 6.61 Å². The predicted octanol–water partition coefficient (Wildman–Crippen LogP) is 5.92. The van der Waals surface area contributed by atoms with Crippen LogP contribution in [0.1, 0.15) is 24.5 Å². The van der Waals surface area contributed by atoms with Crippen molar-refractivity contribution in [1.29, 1.82) is 0 Å². The molecule has 0 atom stereocenters. The number of rotatable bonds is 9. The van der Waals surface area contributed by atoms with Crippen molar-refractivity contribution >= 4 is 12.6 Å². The third-order valence-electron chi connectivity index (χ3n) is 3.97. The van der Waals surface area contributed by atoms with Gasteiger partial charge < -0.3 is 14.2 Å². The average molecular weight is 381 g/mol. The van der Waals surface area contributed by atoms with E-state index in [1.54, 1.807) is 0 Å². The van der Waals surface area contributed by atoms with Crippen LogP contribution in [0, 0.1) is 0 Å². The summed E-state index contributed by atoms with van der Waals surface area (Å²) in [4.78, 5) is 0.923. The number of ether oxygens (including phenoxy) is 3. The molecule has 4 heteroatoms. The van der Waals surface area contributed by atoms with Crippen LogP contribution in [0.4, 0.5) is 0 Å². The van der Waals surface area contributed by atoms with E-state index in [-0.39, 0.29) is 0 Å². The molecular formula is C23H24O3S. The van der Waals surface area contributed by atoms with E-state index in [0.717, 1.165) is 46.3 Å². The van der Waals surface area contributed by atoms with Gasteiger partial charge in [-0.25, -0.2) is 0 Å². The summed E-state index contributed by atoms with van der Waals surface area (Å²) in [5, 5.41) is 0. The number of thiol groups is 1. The molecule has 3 aromatic carbocycles. The molecule has 140 valence electrons. The van der Waals surface area contributed by atoms with E-state index in [2.05, 4.69) is 19.6 Å². The van der Waals surface area contributed by atoms with Gasteiger partial charge in [0.25, 0.3) is 0 Å². The molecule has 0 aliphatic rings. The highest BCUT2D eigenvalue weighted by atomic mass is 32.1. The van der Waals surface area contributed by atoms with Gasteiger partial charge >= 0.3 is 0 Å².